The van der Waals surface area contributed by atoms with Crippen LogP contribution in [-0.4, -0.2) is 28.1 Å². The van der Waals surface area contributed by atoms with E-state index in [0.717, 1.165) is 10.8 Å². The van der Waals surface area contributed by atoms with E-state index in [9.17, 15) is 15.0 Å². The van der Waals surface area contributed by atoms with Crippen molar-refractivity contribution >= 4 is 29.0 Å². The Morgan fingerprint density at radius 1 is 1.05 bits per heavy atom. The van der Waals surface area contributed by atoms with Gasteiger partial charge in [-0.15, -0.1) is 12.4 Å². The fraction of sp³-hybridized carbons (Fsp3) is 0.312. The highest BCUT2D eigenvalue weighted by atomic mass is 35.5. The molecule has 0 fully saturated rings. The summed E-state index contributed by atoms with van der Waals surface area (Å²) in [6.07, 6.45) is 0. The summed E-state index contributed by atoms with van der Waals surface area (Å²) in [5.74, 6) is -0.352. The van der Waals surface area contributed by atoms with Crippen LogP contribution in [0.15, 0.2) is 30.3 Å². The third-order valence-electron chi connectivity index (χ3n) is 3.03. The maximum absolute atomic E-state index is 12.1. The number of fused-ring (bicyclic) bond motifs is 1. The van der Waals surface area contributed by atoms with Gasteiger partial charge in [0.1, 0.15) is 0 Å². The van der Waals surface area contributed by atoms with Crippen LogP contribution in [0.4, 0.5) is 0 Å². The summed E-state index contributed by atoms with van der Waals surface area (Å²) in [7, 11) is 0. The average Bonchev–Trinajstić information content (AvgIpc) is 2.36. The molecule has 0 saturated carbocycles. The van der Waals surface area contributed by atoms with Crippen LogP contribution in [0, 0.1) is 0 Å². The second-order valence-electron chi connectivity index (χ2n) is 5.93. The summed E-state index contributed by atoms with van der Waals surface area (Å²) in [5.41, 5.74) is 0.468. The lowest BCUT2D eigenvalue weighted by Crippen LogP contribution is -2.39. The van der Waals surface area contributed by atoms with Crippen molar-refractivity contribution in [2.45, 2.75) is 26.3 Å². The number of ketones is 1. The van der Waals surface area contributed by atoms with Crippen LogP contribution < -0.4 is 5.32 Å². The van der Waals surface area contributed by atoms with E-state index < -0.39 is 0 Å². The molecule has 0 saturated heterocycles. The standard InChI is InChI=1S/C16H19NO3.ClH/c1-16(2,3)17-9-15(20)11-5-4-10-7-13(18)14(19)8-12(10)6-11;/h4-8,17-19H,9H2,1-3H3;1H. The minimum Gasteiger partial charge on any atom is -0.504 e. The van der Waals surface area contributed by atoms with Gasteiger partial charge >= 0.3 is 0 Å². The van der Waals surface area contributed by atoms with Gasteiger partial charge in [0.25, 0.3) is 0 Å². The van der Waals surface area contributed by atoms with E-state index >= 15 is 0 Å². The number of rotatable bonds is 3. The second-order valence-corrected chi connectivity index (χ2v) is 5.93. The molecule has 0 aliphatic rings. The molecule has 21 heavy (non-hydrogen) atoms. The van der Waals surface area contributed by atoms with Crippen molar-refractivity contribution in [1.82, 2.24) is 5.32 Å². The quantitative estimate of drug-likeness (QED) is 0.601. The molecule has 2 aromatic carbocycles. The molecule has 0 radical (unpaired) electrons. The van der Waals surface area contributed by atoms with Gasteiger partial charge in [-0.2, -0.15) is 0 Å². The molecule has 2 aromatic rings. The van der Waals surface area contributed by atoms with Gasteiger partial charge in [-0.1, -0.05) is 12.1 Å². The lowest BCUT2D eigenvalue weighted by Gasteiger charge is -2.19. The van der Waals surface area contributed by atoms with Crippen molar-refractivity contribution < 1.29 is 15.0 Å². The normalized spacial score (nSPS) is 11.2. The van der Waals surface area contributed by atoms with Crippen LogP contribution in [-0.2, 0) is 0 Å². The number of aromatic hydroxyl groups is 2. The van der Waals surface area contributed by atoms with Crippen molar-refractivity contribution in [1.29, 1.82) is 0 Å². The zero-order valence-electron chi connectivity index (χ0n) is 12.3. The maximum Gasteiger partial charge on any atom is 0.176 e. The summed E-state index contributed by atoms with van der Waals surface area (Å²) in [6, 6.07) is 8.15. The molecule has 0 bridgehead atoms. The summed E-state index contributed by atoms with van der Waals surface area (Å²) in [6.45, 7) is 6.27. The van der Waals surface area contributed by atoms with Crippen molar-refractivity contribution in [2.24, 2.45) is 0 Å². The molecule has 5 heteroatoms. The van der Waals surface area contributed by atoms with Crippen LogP contribution in [0.25, 0.3) is 10.8 Å². The van der Waals surface area contributed by atoms with E-state index in [2.05, 4.69) is 5.32 Å². The molecule has 2 rings (SSSR count). The van der Waals surface area contributed by atoms with Crippen LogP contribution in [0.3, 0.4) is 0 Å². The summed E-state index contributed by atoms with van der Waals surface area (Å²) < 4.78 is 0. The molecular weight excluding hydrogens is 290 g/mol. The minimum atomic E-state index is -0.185. The summed E-state index contributed by atoms with van der Waals surface area (Å²) in [5, 5.41) is 23.6. The average molecular weight is 310 g/mol. The Morgan fingerprint density at radius 2 is 1.62 bits per heavy atom. The summed E-state index contributed by atoms with van der Waals surface area (Å²) in [4.78, 5) is 12.1. The number of halogens is 1. The fourth-order valence-corrected chi connectivity index (χ4v) is 1.89. The number of hydrogen-bond donors (Lipinski definition) is 3. The van der Waals surface area contributed by atoms with Crippen molar-refractivity contribution in [2.75, 3.05) is 6.54 Å². The van der Waals surface area contributed by atoms with E-state index in [1.54, 1.807) is 18.2 Å². The van der Waals surface area contributed by atoms with Crippen molar-refractivity contribution in [3.05, 3.63) is 35.9 Å². The Bertz CT molecular complexity index is 662. The van der Waals surface area contributed by atoms with Gasteiger partial charge in [-0.05, 0) is 49.7 Å². The monoisotopic (exact) mass is 309 g/mol. The van der Waals surface area contributed by atoms with Crippen molar-refractivity contribution in [3.8, 4) is 11.5 Å². The number of carbonyl (C=O) groups is 1. The smallest absolute Gasteiger partial charge is 0.176 e. The van der Waals surface area contributed by atoms with Gasteiger partial charge in [0.05, 0.1) is 6.54 Å². The number of phenolic OH excluding ortho intramolecular Hbond substituents is 2. The zero-order chi connectivity index (χ0) is 14.9. The number of phenols is 2. The highest BCUT2D eigenvalue weighted by Gasteiger charge is 2.13. The molecular formula is C16H20ClNO3. The fourth-order valence-electron chi connectivity index (χ4n) is 1.89. The van der Waals surface area contributed by atoms with Crippen LogP contribution >= 0.6 is 12.4 Å². The first kappa shape index (κ1) is 17.3. The Hall–Kier alpha value is -1.78. The number of benzene rings is 2. The van der Waals surface area contributed by atoms with E-state index in [-0.39, 0.29) is 41.8 Å². The molecule has 3 N–H and O–H groups in total. The minimum absolute atomic E-state index is 0. The SMILES string of the molecule is CC(C)(C)NCC(=O)c1ccc2cc(O)c(O)cc2c1.Cl. The number of hydrogen-bond acceptors (Lipinski definition) is 4. The van der Waals surface area contributed by atoms with E-state index in [0.29, 0.717) is 5.56 Å². The Kier molecular flexibility index (Phi) is 5.20. The number of nitrogens with one attached hydrogen (secondary N) is 1. The molecule has 0 amide bonds. The molecule has 114 valence electrons. The lowest BCUT2D eigenvalue weighted by atomic mass is 10.0. The molecule has 0 unspecified atom stereocenters. The largest absolute Gasteiger partial charge is 0.504 e. The third kappa shape index (κ3) is 4.34. The van der Waals surface area contributed by atoms with Gasteiger partial charge in [0.2, 0.25) is 0 Å². The number of carbonyl (C=O) groups excluding carboxylic acids is 1. The zero-order valence-corrected chi connectivity index (χ0v) is 13.1. The summed E-state index contributed by atoms with van der Waals surface area (Å²) >= 11 is 0. The van der Waals surface area contributed by atoms with Gasteiger partial charge < -0.3 is 15.5 Å². The Labute approximate surface area is 130 Å². The molecule has 0 atom stereocenters. The lowest BCUT2D eigenvalue weighted by molar-refractivity contribution is 0.0982. The van der Waals surface area contributed by atoms with Gasteiger partial charge in [0.15, 0.2) is 17.3 Å². The number of Topliss-reactive ketones (excluding diaryl/α,β-unsaturated/α-hetero) is 1. The van der Waals surface area contributed by atoms with E-state index in [1.807, 2.05) is 20.8 Å². The van der Waals surface area contributed by atoms with E-state index in [1.165, 1.54) is 12.1 Å². The van der Waals surface area contributed by atoms with Crippen molar-refractivity contribution in [3.63, 3.8) is 0 Å². The van der Waals surface area contributed by atoms with Crippen LogP contribution in [0.1, 0.15) is 31.1 Å². The van der Waals surface area contributed by atoms with Crippen LogP contribution in [0.2, 0.25) is 0 Å². The van der Waals surface area contributed by atoms with Crippen LogP contribution in [0.5, 0.6) is 11.5 Å². The second kappa shape index (κ2) is 6.33. The molecule has 0 aliphatic carbocycles. The van der Waals surface area contributed by atoms with Gasteiger partial charge in [-0.25, -0.2) is 0 Å². The molecule has 4 nitrogen and oxygen atoms in total. The topological polar surface area (TPSA) is 69.6 Å². The highest BCUT2D eigenvalue weighted by Crippen LogP contribution is 2.30. The first-order valence-corrected chi connectivity index (χ1v) is 6.50. The Balaban J connectivity index is 0.00000220. The molecule has 0 aromatic heterocycles. The Morgan fingerprint density at radius 3 is 2.19 bits per heavy atom. The predicted molar refractivity (Wildman–Crippen MR) is 86.6 cm³/mol. The first-order valence-electron chi connectivity index (χ1n) is 6.50. The highest BCUT2D eigenvalue weighted by molar-refractivity contribution is 6.01. The van der Waals surface area contributed by atoms with Gasteiger partial charge in [0, 0.05) is 11.1 Å². The molecule has 0 spiro atoms. The maximum atomic E-state index is 12.1. The first-order chi connectivity index (χ1) is 9.26. The molecule has 0 heterocycles. The van der Waals surface area contributed by atoms with Gasteiger partial charge in [-0.3, -0.25) is 4.79 Å². The predicted octanol–water partition coefficient (Wildman–Crippen LogP) is 3.24. The van der Waals surface area contributed by atoms with E-state index in [4.69, 9.17) is 0 Å². The molecule has 0 aliphatic heterocycles. The third-order valence-corrected chi connectivity index (χ3v) is 3.03.